The Balaban J connectivity index is 1.25. The Morgan fingerprint density at radius 3 is 1.97 bits per heavy atom. The molecule has 0 heterocycles. The van der Waals surface area contributed by atoms with Crippen LogP contribution < -0.4 is 0 Å². The minimum absolute atomic E-state index is 0.700. The van der Waals surface area contributed by atoms with Crippen LogP contribution >= 0.6 is 0 Å². The Bertz CT molecular complexity index is 807. The van der Waals surface area contributed by atoms with Crippen molar-refractivity contribution in [1.29, 1.82) is 0 Å². The van der Waals surface area contributed by atoms with Gasteiger partial charge in [0.05, 0.1) is 13.2 Å². The first-order valence-corrected chi connectivity index (χ1v) is 13.2. The molecule has 1 fully saturated rings. The Labute approximate surface area is 203 Å². The van der Waals surface area contributed by atoms with Crippen molar-refractivity contribution in [2.75, 3.05) is 6.61 Å². The summed E-state index contributed by atoms with van der Waals surface area (Å²) >= 11 is 0. The van der Waals surface area contributed by atoms with Gasteiger partial charge in [-0.05, 0) is 73.1 Å². The highest BCUT2D eigenvalue weighted by Crippen LogP contribution is 2.34. The van der Waals surface area contributed by atoms with E-state index in [2.05, 4.69) is 55.1 Å². The minimum atomic E-state index is 0.700. The van der Waals surface area contributed by atoms with Crippen molar-refractivity contribution in [1.82, 2.24) is 0 Å². The van der Waals surface area contributed by atoms with Gasteiger partial charge in [-0.25, -0.2) is 0 Å². The minimum Gasteiger partial charge on any atom is -0.373 e. The van der Waals surface area contributed by atoms with Gasteiger partial charge in [0.2, 0.25) is 0 Å². The SMILES string of the molecule is C=CCc1ccc(CCCC[C@H]2CC[C@H](CCc3ccc(COCC=CC)cc3)CC2)cc1. The molecule has 0 unspecified atom stereocenters. The summed E-state index contributed by atoms with van der Waals surface area (Å²) < 4.78 is 5.65. The van der Waals surface area contributed by atoms with E-state index in [0.29, 0.717) is 13.2 Å². The maximum absolute atomic E-state index is 5.65. The molecule has 0 N–H and O–H groups in total. The van der Waals surface area contributed by atoms with Gasteiger partial charge < -0.3 is 4.74 Å². The molecule has 2 aromatic carbocycles. The number of benzene rings is 2. The molecule has 1 nitrogen and oxygen atoms in total. The van der Waals surface area contributed by atoms with Gasteiger partial charge in [0, 0.05) is 0 Å². The third kappa shape index (κ3) is 9.72. The number of hydrogen-bond acceptors (Lipinski definition) is 1. The summed E-state index contributed by atoms with van der Waals surface area (Å²) in [6.45, 7) is 7.25. The average Bonchev–Trinajstić information content (AvgIpc) is 2.86. The van der Waals surface area contributed by atoms with Crippen molar-refractivity contribution in [3.05, 3.63) is 95.6 Å². The van der Waals surface area contributed by atoms with E-state index in [1.807, 2.05) is 25.2 Å². The summed E-state index contributed by atoms with van der Waals surface area (Å²) in [6.07, 6.45) is 20.7. The Morgan fingerprint density at radius 2 is 1.33 bits per heavy atom. The van der Waals surface area contributed by atoms with Crippen molar-refractivity contribution in [3.63, 3.8) is 0 Å². The quantitative estimate of drug-likeness (QED) is 0.209. The number of unbranched alkanes of at least 4 members (excludes halogenated alkanes) is 1. The fourth-order valence-corrected chi connectivity index (χ4v) is 5.09. The van der Waals surface area contributed by atoms with Gasteiger partial charge in [-0.2, -0.15) is 0 Å². The lowest BCUT2D eigenvalue weighted by Crippen LogP contribution is -2.15. The Hall–Kier alpha value is -2.12. The highest BCUT2D eigenvalue weighted by Gasteiger charge is 2.20. The Morgan fingerprint density at radius 1 is 0.758 bits per heavy atom. The molecule has 0 aliphatic heterocycles. The van der Waals surface area contributed by atoms with E-state index >= 15 is 0 Å². The third-order valence-electron chi connectivity index (χ3n) is 7.28. The average molecular weight is 445 g/mol. The van der Waals surface area contributed by atoms with Gasteiger partial charge in [-0.15, -0.1) is 6.58 Å². The highest BCUT2D eigenvalue weighted by molar-refractivity contribution is 5.24. The molecule has 3 rings (SSSR count). The van der Waals surface area contributed by atoms with Crippen LogP contribution in [0, 0.1) is 11.8 Å². The second-order valence-corrected chi connectivity index (χ2v) is 9.88. The first-order valence-electron chi connectivity index (χ1n) is 13.2. The summed E-state index contributed by atoms with van der Waals surface area (Å²) in [5.41, 5.74) is 5.61. The maximum atomic E-state index is 5.65. The van der Waals surface area contributed by atoms with Gasteiger partial charge in [0.15, 0.2) is 0 Å². The molecular formula is C32H44O. The smallest absolute Gasteiger partial charge is 0.0721 e. The predicted octanol–water partition coefficient (Wildman–Crippen LogP) is 8.66. The normalized spacial score (nSPS) is 18.6. The number of hydrogen-bond donors (Lipinski definition) is 0. The molecule has 0 amide bonds. The van der Waals surface area contributed by atoms with E-state index < -0.39 is 0 Å². The lowest BCUT2D eigenvalue weighted by atomic mass is 9.77. The second kappa shape index (κ2) is 14.9. The van der Waals surface area contributed by atoms with E-state index in [0.717, 1.165) is 18.3 Å². The van der Waals surface area contributed by atoms with Gasteiger partial charge in [0.1, 0.15) is 0 Å². The molecular weight excluding hydrogens is 400 g/mol. The van der Waals surface area contributed by atoms with E-state index in [1.165, 1.54) is 86.5 Å². The molecule has 2 aromatic rings. The predicted molar refractivity (Wildman–Crippen MR) is 143 cm³/mol. The molecule has 1 aliphatic rings. The third-order valence-corrected chi connectivity index (χ3v) is 7.28. The number of aryl methyl sites for hydroxylation is 2. The van der Waals surface area contributed by atoms with E-state index in [1.54, 1.807) is 0 Å². The van der Waals surface area contributed by atoms with Gasteiger partial charge in [-0.1, -0.05) is 105 Å². The van der Waals surface area contributed by atoms with Crippen molar-refractivity contribution in [3.8, 4) is 0 Å². The van der Waals surface area contributed by atoms with Crippen LogP contribution in [-0.2, 0) is 30.6 Å². The molecule has 0 bridgehead atoms. The van der Waals surface area contributed by atoms with Gasteiger partial charge in [0.25, 0.3) is 0 Å². The molecule has 1 aliphatic carbocycles. The lowest BCUT2D eigenvalue weighted by molar-refractivity contribution is 0.148. The summed E-state index contributed by atoms with van der Waals surface area (Å²) in [4.78, 5) is 0. The van der Waals surface area contributed by atoms with Crippen LogP contribution in [0.1, 0.15) is 80.5 Å². The maximum Gasteiger partial charge on any atom is 0.0721 e. The van der Waals surface area contributed by atoms with Crippen LogP contribution in [0.15, 0.2) is 73.3 Å². The van der Waals surface area contributed by atoms with Crippen molar-refractivity contribution < 1.29 is 4.74 Å². The second-order valence-electron chi connectivity index (χ2n) is 9.88. The van der Waals surface area contributed by atoms with Gasteiger partial charge in [-0.3, -0.25) is 0 Å². The van der Waals surface area contributed by atoms with E-state index in [4.69, 9.17) is 4.74 Å². The van der Waals surface area contributed by atoms with E-state index in [9.17, 15) is 0 Å². The van der Waals surface area contributed by atoms with Crippen molar-refractivity contribution in [2.45, 2.75) is 84.2 Å². The zero-order chi connectivity index (χ0) is 23.1. The summed E-state index contributed by atoms with van der Waals surface area (Å²) in [7, 11) is 0. The summed E-state index contributed by atoms with van der Waals surface area (Å²) in [5.74, 6) is 1.90. The standard InChI is InChI=1S/C32H44O/c1-3-5-25-33-26-32-23-21-31(22-24-32)20-19-30-17-15-29(16-18-30)10-7-6-9-28-13-11-27(8-4-2)12-14-28/h3-5,11-14,21-24,29-30H,2,6-10,15-20,25-26H2,1H3/t29-,30-. The molecule has 33 heavy (non-hydrogen) atoms. The monoisotopic (exact) mass is 444 g/mol. The molecule has 0 aromatic heterocycles. The summed E-state index contributed by atoms with van der Waals surface area (Å²) in [5, 5.41) is 0. The molecule has 0 atom stereocenters. The molecule has 0 saturated heterocycles. The van der Waals surface area contributed by atoms with Crippen LogP contribution in [0.2, 0.25) is 0 Å². The largest absolute Gasteiger partial charge is 0.373 e. The first-order chi connectivity index (χ1) is 16.3. The number of rotatable bonds is 14. The fraction of sp³-hybridized carbons (Fsp3) is 0.500. The van der Waals surface area contributed by atoms with Crippen molar-refractivity contribution >= 4 is 0 Å². The first kappa shape index (κ1) is 25.5. The van der Waals surface area contributed by atoms with Crippen LogP contribution in [0.3, 0.4) is 0 Å². The molecule has 0 spiro atoms. The zero-order valence-electron chi connectivity index (χ0n) is 20.8. The number of allylic oxidation sites excluding steroid dienone is 2. The van der Waals surface area contributed by atoms with Crippen LogP contribution in [0.5, 0.6) is 0 Å². The van der Waals surface area contributed by atoms with Crippen LogP contribution in [0.4, 0.5) is 0 Å². The fourth-order valence-electron chi connectivity index (χ4n) is 5.09. The zero-order valence-corrected chi connectivity index (χ0v) is 20.8. The topological polar surface area (TPSA) is 9.23 Å². The van der Waals surface area contributed by atoms with Crippen molar-refractivity contribution in [2.24, 2.45) is 11.8 Å². The lowest BCUT2D eigenvalue weighted by Gasteiger charge is -2.28. The van der Waals surface area contributed by atoms with Crippen LogP contribution in [0.25, 0.3) is 0 Å². The molecule has 178 valence electrons. The summed E-state index contributed by atoms with van der Waals surface area (Å²) in [6, 6.07) is 18.2. The molecule has 0 radical (unpaired) electrons. The van der Waals surface area contributed by atoms with Gasteiger partial charge >= 0.3 is 0 Å². The highest BCUT2D eigenvalue weighted by atomic mass is 16.5. The molecule has 1 saturated carbocycles. The number of ether oxygens (including phenoxy) is 1. The molecule has 1 heteroatoms. The van der Waals surface area contributed by atoms with E-state index in [-0.39, 0.29) is 0 Å². The Kier molecular flexibility index (Phi) is 11.5. The van der Waals surface area contributed by atoms with Crippen LogP contribution in [-0.4, -0.2) is 6.61 Å².